The van der Waals surface area contributed by atoms with Crippen LogP contribution in [-0.2, 0) is 16.0 Å². The van der Waals surface area contributed by atoms with E-state index in [1.165, 1.54) is 0 Å². The standard InChI is InChI=1S/C14H18N2O3/c1-3-16-12-6-5-11(15(2)9-14(18)19)8-10(12)4-7-13(16)17/h5-6,8H,3-4,7,9H2,1-2H3,(H,18,19). The average Bonchev–Trinajstić information content (AvgIpc) is 2.37. The number of fused-ring (bicyclic) bond motifs is 1. The van der Waals surface area contributed by atoms with E-state index in [2.05, 4.69) is 0 Å². The maximum Gasteiger partial charge on any atom is 0.323 e. The van der Waals surface area contributed by atoms with Crippen LogP contribution in [0.1, 0.15) is 18.9 Å². The molecule has 0 unspecified atom stereocenters. The third kappa shape index (κ3) is 2.70. The molecule has 0 fully saturated rings. The van der Waals surface area contributed by atoms with Gasteiger partial charge in [0.2, 0.25) is 5.91 Å². The molecule has 0 saturated carbocycles. The summed E-state index contributed by atoms with van der Waals surface area (Å²) in [6, 6.07) is 5.75. The molecule has 0 aromatic heterocycles. The number of anilines is 2. The van der Waals surface area contributed by atoms with Crippen LogP contribution < -0.4 is 9.80 Å². The lowest BCUT2D eigenvalue weighted by atomic mass is 10.00. The van der Waals surface area contributed by atoms with Crippen molar-refractivity contribution >= 4 is 23.3 Å². The molecule has 1 aliphatic rings. The number of amides is 1. The van der Waals surface area contributed by atoms with Crippen molar-refractivity contribution in [3.05, 3.63) is 23.8 Å². The summed E-state index contributed by atoms with van der Waals surface area (Å²) in [5.41, 5.74) is 2.92. The lowest BCUT2D eigenvalue weighted by Crippen LogP contribution is -2.35. The van der Waals surface area contributed by atoms with Crippen molar-refractivity contribution in [2.45, 2.75) is 19.8 Å². The molecule has 5 nitrogen and oxygen atoms in total. The minimum atomic E-state index is -0.856. The average molecular weight is 262 g/mol. The van der Waals surface area contributed by atoms with Crippen LogP contribution in [0.2, 0.25) is 0 Å². The molecule has 5 heteroatoms. The van der Waals surface area contributed by atoms with Gasteiger partial charge in [0.1, 0.15) is 6.54 Å². The SMILES string of the molecule is CCN1C(=O)CCc2cc(N(C)CC(=O)O)ccc21. The largest absolute Gasteiger partial charge is 0.480 e. The van der Waals surface area contributed by atoms with Crippen LogP contribution in [0.25, 0.3) is 0 Å². The highest BCUT2D eigenvalue weighted by molar-refractivity contribution is 5.96. The van der Waals surface area contributed by atoms with E-state index in [4.69, 9.17) is 5.11 Å². The highest BCUT2D eigenvalue weighted by Crippen LogP contribution is 2.31. The fourth-order valence-electron chi connectivity index (χ4n) is 2.42. The summed E-state index contributed by atoms with van der Waals surface area (Å²) >= 11 is 0. The first kappa shape index (κ1) is 13.4. The maximum atomic E-state index is 11.8. The molecular formula is C14H18N2O3. The van der Waals surface area contributed by atoms with Crippen LogP contribution in [0.15, 0.2) is 18.2 Å². The van der Waals surface area contributed by atoms with E-state index in [1.54, 1.807) is 16.8 Å². The Kier molecular flexibility index (Phi) is 3.74. The number of carboxylic acids is 1. The van der Waals surface area contributed by atoms with Crippen molar-refractivity contribution in [2.75, 3.05) is 29.9 Å². The van der Waals surface area contributed by atoms with Gasteiger partial charge < -0.3 is 14.9 Å². The second kappa shape index (κ2) is 5.30. The Morgan fingerprint density at radius 2 is 2.16 bits per heavy atom. The van der Waals surface area contributed by atoms with Crippen LogP contribution in [0.3, 0.4) is 0 Å². The fraction of sp³-hybridized carbons (Fsp3) is 0.429. The zero-order chi connectivity index (χ0) is 14.0. The van der Waals surface area contributed by atoms with E-state index in [1.807, 2.05) is 25.1 Å². The fourth-order valence-corrected chi connectivity index (χ4v) is 2.42. The molecule has 1 aliphatic heterocycles. The predicted molar refractivity (Wildman–Crippen MR) is 73.7 cm³/mol. The van der Waals surface area contributed by atoms with Crippen molar-refractivity contribution in [1.82, 2.24) is 0 Å². The number of aliphatic carboxylic acids is 1. The lowest BCUT2D eigenvalue weighted by Gasteiger charge is -2.29. The lowest BCUT2D eigenvalue weighted by molar-refractivity contribution is -0.135. The van der Waals surface area contributed by atoms with Crippen molar-refractivity contribution in [3.63, 3.8) is 0 Å². The molecular weight excluding hydrogens is 244 g/mol. The van der Waals surface area contributed by atoms with Crippen molar-refractivity contribution < 1.29 is 14.7 Å². The summed E-state index contributed by atoms with van der Waals surface area (Å²) in [6.45, 7) is 2.59. The predicted octanol–water partition coefficient (Wildman–Crippen LogP) is 1.51. The Hall–Kier alpha value is -2.04. The summed E-state index contributed by atoms with van der Waals surface area (Å²) in [7, 11) is 1.75. The molecule has 102 valence electrons. The molecule has 2 rings (SSSR count). The number of benzene rings is 1. The number of likely N-dealkylation sites (N-methyl/N-ethyl adjacent to an activating group) is 1. The molecule has 1 aromatic carbocycles. The molecule has 1 heterocycles. The van der Waals surface area contributed by atoms with Gasteiger partial charge in [0.05, 0.1) is 0 Å². The molecule has 0 saturated heterocycles. The minimum absolute atomic E-state index is 0.0325. The Bertz CT molecular complexity index is 513. The zero-order valence-corrected chi connectivity index (χ0v) is 11.2. The summed E-state index contributed by atoms with van der Waals surface area (Å²) in [6.07, 6.45) is 1.24. The van der Waals surface area contributed by atoms with E-state index in [-0.39, 0.29) is 12.5 Å². The Labute approximate surface area is 112 Å². The van der Waals surface area contributed by atoms with Crippen LogP contribution in [0.4, 0.5) is 11.4 Å². The molecule has 19 heavy (non-hydrogen) atoms. The molecule has 1 N–H and O–H groups in total. The monoisotopic (exact) mass is 262 g/mol. The number of aryl methyl sites for hydroxylation is 1. The third-order valence-electron chi connectivity index (χ3n) is 3.39. The van der Waals surface area contributed by atoms with E-state index < -0.39 is 5.97 Å². The molecule has 1 aromatic rings. The van der Waals surface area contributed by atoms with Gasteiger partial charge in [-0.05, 0) is 37.1 Å². The van der Waals surface area contributed by atoms with Crippen molar-refractivity contribution in [1.29, 1.82) is 0 Å². The molecule has 0 spiro atoms. The topological polar surface area (TPSA) is 60.9 Å². The smallest absolute Gasteiger partial charge is 0.323 e. The van der Waals surface area contributed by atoms with Crippen LogP contribution in [0.5, 0.6) is 0 Å². The van der Waals surface area contributed by atoms with Gasteiger partial charge in [-0.1, -0.05) is 0 Å². The van der Waals surface area contributed by atoms with E-state index in [0.29, 0.717) is 13.0 Å². The van der Waals surface area contributed by atoms with Crippen molar-refractivity contribution in [3.8, 4) is 0 Å². The summed E-state index contributed by atoms with van der Waals surface area (Å²) in [4.78, 5) is 26.0. The second-order valence-electron chi connectivity index (χ2n) is 4.70. The molecule has 0 aliphatic carbocycles. The van der Waals surface area contributed by atoms with E-state index in [9.17, 15) is 9.59 Å². The number of nitrogens with zero attached hydrogens (tertiary/aromatic N) is 2. The van der Waals surface area contributed by atoms with Gasteiger partial charge in [0.15, 0.2) is 0 Å². The van der Waals surface area contributed by atoms with Crippen molar-refractivity contribution in [2.24, 2.45) is 0 Å². The van der Waals surface area contributed by atoms with Gasteiger partial charge in [-0.15, -0.1) is 0 Å². The number of carboxylic acid groups (broad SMARTS) is 1. The van der Waals surface area contributed by atoms with Gasteiger partial charge in [-0.2, -0.15) is 0 Å². The third-order valence-corrected chi connectivity index (χ3v) is 3.39. The molecule has 0 atom stereocenters. The van der Waals surface area contributed by atoms with Gasteiger partial charge in [-0.3, -0.25) is 9.59 Å². The van der Waals surface area contributed by atoms with Crippen LogP contribution >= 0.6 is 0 Å². The first-order valence-corrected chi connectivity index (χ1v) is 6.39. The van der Waals surface area contributed by atoms with Gasteiger partial charge in [-0.25, -0.2) is 0 Å². The second-order valence-corrected chi connectivity index (χ2v) is 4.70. The minimum Gasteiger partial charge on any atom is -0.480 e. The number of carbonyl (C=O) groups excluding carboxylic acids is 1. The Morgan fingerprint density at radius 3 is 2.79 bits per heavy atom. The highest BCUT2D eigenvalue weighted by atomic mass is 16.4. The molecule has 0 radical (unpaired) electrons. The zero-order valence-electron chi connectivity index (χ0n) is 11.2. The van der Waals surface area contributed by atoms with Gasteiger partial charge in [0.25, 0.3) is 0 Å². The molecule has 0 bridgehead atoms. The number of carbonyl (C=O) groups is 2. The Balaban J connectivity index is 2.29. The van der Waals surface area contributed by atoms with Crippen LogP contribution in [-0.4, -0.2) is 37.1 Å². The molecule has 1 amide bonds. The maximum absolute atomic E-state index is 11.8. The normalized spacial score (nSPS) is 14.2. The van der Waals surface area contributed by atoms with Gasteiger partial charge >= 0.3 is 5.97 Å². The first-order chi connectivity index (χ1) is 9.02. The van der Waals surface area contributed by atoms with Gasteiger partial charge in [0, 0.05) is 31.4 Å². The summed E-state index contributed by atoms with van der Waals surface area (Å²) in [5, 5.41) is 8.80. The highest BCUT2D eigenvalue weighted by Gasteiger charge is 2.23. The Morgan fingerprint density at radius 1 is 1.42 bits per heavy atom. The number of hydrogen-bond donors (Lipinski definition) is 1. The van der Waals surface area contributed by atoms with E-state index in [0.717, 1.165) is 23.4 Å². The number of hydrogen-bond acceptors (Lipinski definition) is 3. The first-order valence-electron chi connectivity index (χ1n) is 6.39. The summed E-state index contributed by atoms with van der Waals surface area (Å²) < 4.78 is 0. The van der Waals surface area contributed by atoms with E-state index >= 15 is 0 Å². The summed E-state index contributed by atoms with van der Waals surface area (Å²) in [5.74, 6) is -0.702. The van der Waals surface area contributed by atoms with Crippen LogP contribution in [0, 0.1) is 0 Å². The number of rotatable bonds is 4. The quantitative estimate of drug-likeness (QED) is 0.893.